The minimum Gasteiger partial charge on any atom is -0.462 e. The number of hydrogen-bond donors (Lipinski definition) is 7. The van der Waals surface area contributed by atoms with Gasteiger partial charge < -0.3 is 64.2 Å². The predicted molar refractivity (Wildman–Crippen MR) is 307 cm³/mol. The van der Waals surface area contributed by atoms with Crippen molar-refractivity contribution in [2.24, 2.45) is 0 Å². The number of hydrogen-bond acceptors (Lipinski definition) is 15. The number of carbonyl (C=O) groups excluding carboxylic acids is 2. The van der Waals surface area contributed by atoms with Gasteiger partial charge in [-0.1, -0.05) is 223 Å². The topological polar surface area (TPSA) is 231 Å². The molecule has 2 aliphatic rings. The van der Waals surface area contributed by atoms with Gasteiger partial charge in [0.15, 0.2) is 18.7 Å². The van der Waals surface area contributed by atoms with Crippen molar-refractivity contribution in [3.8, 4) is 0 Å². The first kappa shape index (κ1) is 71.6. The van der Waals surface area contributed by atoms with Crippen molar-refractivity contribution in [2.45, 2.75) is 313 Å². The van der Waals surface area contributed by atoms with E-state index in [-0.39, 0.29) is 19.4 Å². The molecule has 78 heavy (non-hydrogen) atoms. The van der Waals surface area contributed by atoms with Crippen LogP contribution in [-0.4, -0.2) is 142 Å². The minimum atomic E-state index is -1.77. The highest BCUT2D eigenvalue weighted by Gasteiger charge is 2.47. The highest BCUT2D eigenvalue weighted by molar-refractivity contribution is 5.70. The summed E-state index contributed by atoms with van der Waals surface area (Å²) in [4.78, 5) is 25.9. The molecule has 15 heteroatoms. The van der Waals surface area contributed by atoms with Crippen LogP contribution in [0.4, 0.5) is 0 Å². The van der Waals surface area contributed by atoms with Gasteiger partial charge in [-0.05, 0) is 57.8 Å². The first-order valence-corrected chi connectivity index (χ1v) is 31.2. The molecule has 454 valence electrons. The molecule has 0 aliphatic carbocycles. The lowest BCUT2D eigenvalue weighted by Gasteiger charge is -2.42. The average molecular weight is 1110 g/mol. The van der Waals surface area contributed by atoms with Crippen LogP contribution in [0.5, 0.6) is 0 Å². The Morgan fingerprint density at radius 2 is 0.769 bits per heavy atom. The molecule has 2 heterocycles. The first-order valence-electron chi connectivity index (χ1n) is 31.2. The summed E-state index contributed by atoms with van der Waals surface area (Å²) in [6, 6.07) is 0. The number of carbonyl (C=O) groups is 2. The average Bonchev–Trinajstić information content (AvgIpc) is 3.43. The number of aliphatic hydroxyl groups is 7. The molecular formula is C63H112O15. The molecule has 2 aliphatic heterocycles. The van der Waals surface area contributed by atoms with E-state index < -0.39 is 99.3 Å². The number of ether oxygens (including phenoxy) is 6. The van der Waals surface area contributed by atoms with E-state index in [9.17, 15) is 45.3 Å². The summed E-state index contributed by atoms with van der Waals surface area (Å²) in [5.41, 5.74) is 0. The van der Waals surface area contributed by atoms with Crippen molar-refractivity contribution in [2.75, 3.05) is 26.4 Å². The summed E-state index contributed by atoms with van der Waals surface area (Å²) >= 11 is 0. The van der Waals surface area contributed by atoms with Gasteiger partial charge in [0.2, 0.25) is 0 Å². The third-order valence-corrected chi connectivity index (χ3v) is 14.8. The number of rotatable bonds is 50. The maximum atomic E-state index is 13.1. The smallest absolute Gasteiger partial charge is 0.306 e. The summed E-state index contributed by atoms with van der Waals surface area (Å²) in [6.07, 6.45) is 41.3. The Labute approximate surface area is 471 Å². The molecule has 0 radical (unpaired) electrons. The number of allylic oxidation sites excluding steroid dienone is 8. The zero-order valence-corrected chi connectivity index (χ0v) is 48.7. The Hall–Kier alpha value is -2.54. The summed E-state index contributed by atoms with van der Waals surface area (Å²) in [6.45, 7) is 2.58. The van der Waals surface area contributed by atoms with Gasteiger partial charge in [-0.2, -0.15) is 0 Å². The Kier molecular flexibility index (Phi) is 45.1. The second kappa shape index (κ2) is 49.1. The van der Waals surface area contributed by atoms with Gasteiger partial charge in [-0.15, -0.1) is 0 Å². The van der Waals surface area contributed by atoms with Crippen LogP contribution < -0.4 is 0 Å². The van der Waals surface area contributed by atoms with Gasteiger partial charge in [0.05, 0.1) is 19.8 Å². The molecular weight excluding hydrogens is 997 g/mol. The monoisotopic (exact) mass is 1110 g/mol. The lowest BCUT2D eigenvalue weighted by Crippen LogP contribution is -2.61. The van der Waals surface area contributed by atoms with Crippen LogP contribution >= 0.6 is 0 Å². The minimum absolute atomic E-state index is 0.161. The number of unbranched alkanes of at least 4 members (excludes halogenated alkanes) is 28. The van der Waals surface area contributed by atoms with Gasteiger partial charge in [0.25, 0.3) is 0 Å². The summed E-state index contributed by atoms with van der Waals surface area (Å²) in [7, 11) is 0. The molecule has 2 fully saturated rings. The molecule has 0 bridgehead atoms. The second-order valence-electron chi connectivity index (χ2n) is 21.9. The van der Waals surface area contributed by atoms with Crippen molar-refractivity contribution in [1.82, 2.24) is 0 Å². The third-order valence-electron chi connectivity index (χ3n) is 14.8. The van der Waals surface area contributed by atoms with Crippen molar-refractivity contribution in [1.29, 1.82) is 0 Å². The number of aliphatic hydroxyl groups excluding tert-OH is 7. The van der Waals surface area contributed by atoms with E-state index in [1.54, 1.807) is 0 Å². The van der Waals surface area contributed by atoms with Crippen LogP contribution in [-0.2, 0) is 38.0 Å². The third kappa shape index (κ3) is 35.3. The fourth-order valence-corrected chi connectivity index (χ4v) is 9.73. The molecule has 15 nitrogen and oxygen atoms in total. The number of esters is 2. The van der Waals surface area contributed by atoms with Crippen LogP contribution in [0.2, 0.25) is 0 Å². The van der Waals surface area contributed by atoms with E-state index in [4.69, 9.17) is 28.4 Å². The van der Waals surface area contributed by atoms with E-state index in [2.05, 4.69) is 62.5 Å². The SMILES string of the molecule is CCCCC/C=C/C/C=C/C/C=C/C/C=C/CCCCCC(=O)OC[C@H](CO[C@H]1O[C@@H](CO[C@H]2O[C@@H](CO)[C@@H](O)C(O)C2O)[C@@H](O)C(O)C1O)OC(=O)CCCCCCCCCCCCCCCCCCCCCCCCC. The largest absolute Gasteiger partial charge is 0.462 e. The van der Waals surface area contributed by atoms with Crippen molar-refractivity contribution in [3.63, 3.8) is 0 Å². The molecule has 2 rings (SSSR count). The normalized spacial score (nSPS) is 24.3. The van der Waals surface area contributed by atoms with Crippen molar-refractivity contribution in [3.05, 3.63) is 48.6 Å². The molecule has 7 N–H and O–H groups in total. The molecule has 0 aromatic rings. The maximum absolute atomic E-state index is 13.1. The van der Waals surface area contributed by atoms with Crippen LogP contribution in [0.1, 0.15) is 245 Å². The van der Waals surface area contributed by atoms with E-state index in [1.807, 2.05) is 0 Å². The lowest BCUT2D eigenvalue weighted by atomic mass is 9.98. The highest BCUT2D eigenvalue weighted by Crippen LogP contribution is 2.27. The van der Waals surface area contributed by atoms with Gasteiger partial charge in [0, 0.05) is 12.8 Å². The molecule has 0 saturated carbocycles. The standard InChI is InChI=1S/C63H112O15/c1-3-5-7-9-11-13-15-17-19-21-23-24-25-26-28-30-32-34-36-38-40-42-44-46-55(66)76-51(48-73-54(65)45-43-41-39-37-35-33-31-29-27-22-20-18-16-14-12-10-8-6-4-2)49-74-62-61(72)59(70)57(68)53(78-62)50-75-63-60(71)58(69)56(67)52(47-64)77-63/h12,14,18,20,27,29,33,35,51-53,56-64,67-72H,3-11,13,15-17,19,21-26,28,30-32,34,36-50H2,1-2H3/b14-12+,20-18+,29-27+,35-33+/t51-,52+,53+,56-,57-,58?,59?,60?,61?,62+,63+/m1/s1. The van der Waals surface area contributed by atoms with E-state index >= 15 is 0 Å². The molecule has 11 atom stereocenters. The van der Waals surface area contributed by atoms with Crippen molar-refractivity contribution < 1.29 is 73.8 Å². The zero-order chi connectivity index (χ0) is 56.7. The highest BCUT2D eigenvalue weighted by atomic mass is 16.7. The summed E-state index contributed by atoms with van der Waals surface area (Å²) in [5.74, 6) is -0.951. The van der Waals surface area contributed by atoms with Gasteiger partial charge in [0.1, 0.15) is 55.4 Å². The fourth-order valence-electron chi connectivity index (χ4n) is 9.73. The van der Waals surface area contributed by atoms with Gasteiger partial charge in [-0.25, -0.2) is 0 Å². The molecule has 0 amide bonds. The quantitative estimate of drug-likeness (QED) is 0.0171. The Morgan fingerprint density at radius 1 is 0.410 bits per heavy atom. The molecule has 0 aromatic heterocycles. The van der Waals surface area contributed by atoms with Crippen molar-refractivity contribution >= 4 is 11.9 Å². The summed E-state index contributed by atoms with van der Waals surface area (Å²) < 4.78 is 33.7. The van der Waals surface area contributed by atoms with E-state index in [1.165, 1.54) is 141 Å². The maximum Gasteiger partial charge on any atom is 0.306 e. The predicted octanol–water partition coefficient (Wildman–Crippen LogP) is 11.4. The van der Waals surface area contributed by atoms with Crippen LogP contribution in [0.3, 0.4) is 0 Å². The second-order valence-corrected chi connectivity index (χ2v) is 21.9. The van der Waals surface area contributed by atoms with Crippen LogP contribution in [0.25, 0.3) is 0 Å². The van der Waals surface area contributed by atoms with Crippen LogP contribution in [0.15, 0.2) is 48.6 Å². The zero-order valence-electron chi connectivity index (χ0n) is 48.7. The van der Waals surface area contributed by atoms with Crippen LogP contribution in [0, 0.1) is 0 Å². The Balaban J connectivity index is 1.73. The lowest BCUT2D eigenvalue weighted by molar-refractivity contribution is -0.332. The Bertz CT molecular complexity index is 1540. The summed E-state index contributed by atoms with van der Waals surface area (Å²) in [5, 5.41) is 72.4. The van der Waals surface area contributed by atoms with E-state index in [0.29, 0.717) is 12.8 Å². The van der Waals surface area contributed by atoms with Gasteiger partial charge >= 0.3 is 11.9 Å². The first-order chi connectivity index (χ1) is 38.0. The Morgan fingerprint density at radius 3 is 1.23 bits per heavy atom. The molecule has 2 saturated heterocycles. The molecule has 0 spiro atoms. The molecule has 4 unspecified atom stereocenters. The van der Waals surface area contributed by atoms with E-state index in [0.717, 1.165) is 64.2 Å². The fraction of sp³-hybridized carbons (Fsp3) is 0.841. The molecule has 0 aromatic carbocycles. The van der Waals surface area contributed by atoms with Gasteiger partial charge in [-0.3, -0.25) is 9.59 Å².